The van der Waals surface area contributed by atoms with Gasteiger partial charge in [-0.25, -0.2) is 0 Å². The lowest BCUT2D eigenvalue weighted by Gasteiger charge is -2.15. The van der Waals surface area contributed by atoms with Crippen LogP contribution in [0.15, 0.2) is 48.2 Å². The minimum absolute atomic E-state index is 0.0373. The van der Waals surface area contributed by atoms with Crippen LogP contribution in [0.3, 0.4) is 0 Å². The molecule has 0 aromatic heterocycles. The van der Waals surface area contributed by atoms with Crippen molar-refractivity contribution in [2.75, 3.05) is 4.90 Å². The normalized spacial score (nSPS) is 15.6. The third-order valence-corrected chi connectivity index (χ3v) is 4.78. The molecular formula is C19H16ClN3O3S. The van der Waals surface area contributed by atoms with Gasteiger partial charge in [0, 0.05) is 6.07 Å². The zero-order valence-corrected chi connectivity index (χ0v) is 16.2. The largest absolute Gasteiger partial charge is 0.327 e. The molecule has 0 radical (unpaired) electrons. The summed E-state index contributed by atoms with van der Waals surface area (Å²) in [5.74, 6) is 0.0597. The maximum absolute atomic E-state index is 12.8. The number of hydrogen-bond acceptors (Lipinski definition) is 4. The monoisotopic (exact) mass is 401 g/mol. The van der Waals surface area contributed by atoms with Crippen molar-refractivity contribution in [1.82, 2.24) is 5.32 Å². The van der Waals surface area contributed by atoms with E-state index in [1.165, 1.54) is 23.1 Å². The quantitative estimate of drug-likeness (QED) is 0.350. The summed E-state index contributed by atoms with van der Waals surface area (Å²) in [5.41, 5.74) is 2.31. The van der Waals surface area contributed by atoms with E-state index < -0.39 is 4.92 Å². The second-order valence-electron chi connectivity index (χ2n) is 6.34. The van der Waals surface area contributed by atoms with Crippen LogP contribution in [-0.2, 0) is 4.79 Å². The summed E-state index contributed by atoms with van der Waals surface area (Å²) >= 11 is 11.1. The van der Waals surface area contributed by atoms with Gasteiger partial charge in [-0.05, 0) is 53.5 Å². The van der Waals surface area contributed by atoms with E-state index in [0.717, 1.165) is 5.56 Å². The molecule has 0 unspecified atom stereocenters. The van der Waals surface area contributed by atoms with Crippen LogP contribution in [0.4, 0.5) is 11.4 Å². The molecule has 6 nitrogen and oxygen atoms in total. The molecular weight excluding hydrogens is 386 g/mol. The van der Waals surface area contributed by atoms with Crippen molar-refractivity contribution in [3.8, 4) is 0 Å². The summed E-state index contributed by atoms with van der Waals surface area (Å²) in [5, 5.41) is 14.2. The Bertz CT molecular complexity index is 971. The molecule has 3 rings (SSSR count). The second-order valence-corrected chi connectivity index (χ2v) is 7.14. The summed E-state index contributed by atoms with van der Waals surface area (Å²) < 4.78 is 0. The van der Waals surface area contributed by atoms with Crippen molar-refractivity contribution >= 4 is 52.3 Å². The smallest absolute Gasteiger partial charge is 0.288 e. The molecule has 0 aliphatic carbocycles. The third kappa shape index (κ3) is 3.84. The summed E-state index contributed by atoms with van der Waals surface area (Å²) in [7, 11) is 0. The fourth-order valence-corrected chi connectivity index (χ4v) is 3.19. The summed E-state index contributed by atoms with van der Waals surface area (Å²) in [6.07, 6.45) is 1.51. The van der Waals surface area contributed by atoms with Crippen LogP contribution in [0.2, 0.25) is 5.02 Å². The predicted molar refractivity (Wildman–Crippen MR) is 110 cm³/mol. The topological polar surface area (TPSA) is 75.5 Å². The minimum atomic E-state index is -0.568. The fraction of sp³-hybridized carbons (Fsp3) is 0.158. The van der Waals surface area contributed by atoms with E-state index in [4.69, 9.17) is 23.8 Å². The van der Waals surface area contributed by atoms with Gasteiger partial charge in [0.1, 0.15) is 10.7 Å². The zero-order chi connectivity index (χ0) is 19.7. The fourth-order valence-electron chi connectivity index (χ4n) is 2.70. The number of carbonyl (C=O) groups is 1. The number of anilines is 1. The molecule has 2 aromatic rings. The molecule has 1 fully saturated rings. The van der Waals surface area contributed by atoms with Gasteiger partial charge in [0.2, 0.25) is 0 Å². The van der Waals surface area contributed by atoms with Crippen LogP contribution in [0.1, 0.15) is 30.9 Å². The van der Waals surface area contributed by atoms with Crippen LogP contribution in [-0.4, -0.2) is 15.9 Å². The van der Waals surface area contributed by atoms with E-state index in [2.05, 4.69) is 19.2 Å². The molecule has 0 atom stereocenters. The number of carbonyl (C=O) groups excluding carboxylic acids is 1. The highest BCUT2D eigenvalue weighted by Crippen LogP contribution is 2.28. The average Bonchev–Trinajstić information content (AvgIpc) is 2.90. The van der Waals surface area contributed by atoms with Crippen molar-refractivity contribution < 1.29 is 9.72 Å². The van der Waals surface area contributed by atoms with E-state index in [1.54, 1.807) is 6.07 Å². The van der Waals surface area contributed by atoms with E-state index in [-0.39, 0.29) is 27.4 Å². The van der Waals surface area contributed by atoms with Gasteiger partial charge in [0.25, 0.3) is 11.6 Å². The zero-order valence-electron chi connectivity index (χ0n) is 14.6. The molecule has 1 amide bonds. The molecule has 1 aliphatic heterocycles. The van der Waals surface area contributed by atoms with Crippen molar-refractivity contribution in [3.63, 3.8) is 0 Å². The molecule has 0 saturated carbocycles. The number of hydrogen-bond donors (Lipinski definition) is 1. The minimum Gasteiger partial charge on any atom is -0.327 e. The Morgan fingerprint density at radius 1 is 1.22 bits per heavy atom. The maximum Gasteiger partial charge on any atom is 0.288 e. The van der Waals surface area contributed by atoms with Crippen molar-refractivity contribution in [1.29, 1.82) is 0 Å². The lowest BCUT2D eigenvalue weighted by Crippen LogP contribution is -2.30. The maximum atomic E-state index is 12.8. The lowest BCUT2D eigenvalue weighted by molar-refractivity contribution is -0.384. The Morgan fingerprint density at radius 3 is 2.48 bits per heavy atom. The summed E-state index contributed by atoms with van der Waals surface area (Å²) in [4.78, 5) is 24.6. The highest BCUT2D eigenvalue weighted by Gasteiger charge is 2.32. The first-order chi connectivity index (χ1) is 12.8. The van der Waals surface area contributed by atoms with Gasteiger partial charge < -0.3 is 5.32 Å². The number of rotatable bonds is 4. The number of halogens is 1. The SMILES string of the molecule is CC(C)c1ccc(N2C(=O)/C(=C\c3ccc(Cl)c([N+](=O)[O-])c3)NC2=S)cc1. The Hall–Kier alpha value is -2.77. The third-order valence-electron chi connectivity index (χ3n) is 4.17. The van der Waals surface area contributed by atoms with Gasteiger partial charge in [-0.15, -0.1) is 0 Å². The van der Waals surface area contributed by atoms with E-state index in [9.17, 15) is 14.9 Å². The van der Waals surface area contributed by atoms with Crippen molar-refractivity contribution in [2.24, 2.45) is 0 Å². The van der Waals surface area contributed by atoms with Crippen LogP contribution < -0.4 is 10.2 Å². The number of benzene rings is 2. The number of nitro benzene ring substituents is 1. The van der Waals surface area contributed by atoms with Gasteiger partial charge in [0.05, 0.1) is 10.6 Å². The first-order valence-corrected chi connectivity index (χ1v) is 8.97. The number of nitrogens with one attached hydrogen (secondary N) is 1. The number of thiocarbonyl (C=S) groups is 1. The first-order valence-electron chi connectivity index (χ1n) is 8.19. The molecule has 1 N–H and O–H groups in total. The second kappa shape index (κ2) is 7.46. The first kappa shape index (κ1) is 19.0. The number of nitro groups is 1. The molecule has 1 heterocycles. The lowest BCUT2D eigenvalue weighted by atomic mass is 10.0. The molecule has 2 aromatic carbocycles. The Kier molecular flexibility index (Phi) is 5.25. The standard InChI is InChI=1S/C19H16ClN3O3S/c1-11(2)13-4-6-14(7-5-13)22-18(24)16(21-19(22)27)9-12-3-8-15(20)17(10-12)23(25)26/h3-11H,1-2H3,(H,21,27)/b16-9+. The molecule has 1 saturated heterocycles. The van der Waals surface area contributed by atoms with Crippen molar-refractivity contribution in [2.45, 2.75) is 19.8 Å². The molecule has 27 heavy (non-hydrogen) atoms. The number of nitrogens with zero attached hydrogens (tertiary/aromatic N) is 2. The number of amides is 1. The molecule has 8 heteroatoms. The Balaban J connectivity index is 1.91. The van der Waals surface area contributed by atoms with Crippen molar-refractivity contribution in [3.05, 3.63) is 74.4 Å². The Labute approximate surface area is 166 Å². The highest BCUT2D eigenvalue weighted by molar-refractivity contribution is 7.80. The van der Waals surface area contributed by atoms with Crippen LogP contribution in [0.25, 0.3) is 6.08 Å². The molecule has 0 spiro atoms. The van der Waals surface area contributed by atoms with Gasteiger partial charge in [0.15, 0.2) is 5.11 Å². The van der Waals surface area contributed by atoms with E-state index >= 15 is 0 Å². The van der Waals surface area contributed by atoms with Crippen LogP contribution >= 0.6 is 23.8 Å². The van der Waals surface area contributed by atoms with E-state index in [1.807, 2.05) is 24.3 Å². The summed E-state index contributed by atoms with van der Waals surface area (Å²) in [6, 6.07) is 11.9. The van der Waals surface area contributed by atoms with Crippen LogP contribution in [0, 0.1) is 10.1 Å². The molecule has 1 aliphatic rings. The summed E-state index contributed by atoms with van der Waals surface area (Å²) in [6.45, 7) is 4.18. The van der Waals surface area contributed by atoms with E-state index in [0.29, 0.717) is 17.2 Å². The highest BCUT2D eigenvalue weighted by atomic mass is 35.5. The molecule has 0 bridgehead atoms. The van der Waals surface area contributed by atoms with Gasteiger partial charge in [-0.1, -0.05) is 43.6 Å². The van der Waals surface area contributed by atoms with Crippen LogP contribution in [0.5, 0.6) is 0 Å². The molecule has 138 valence electrons. The Morgan fingerprint density at radius 2 is 1.89 bits per heavy atom. The average molecular weight is 402 g/mol. The van der Waals surface area contributed by atoms with Gasteiger partial charge in [-0.3, -0.25) is 19.8 Å². The van der Waals surface area contributed by atoms with Gasteiger partial charge >= 0.3 is 0 Å². The predicted octanol–water partition coefficient (Wildman–Crippen LogP) is 4.63. The van der Waals surface area contributed by atoms with Gasteiger partial charge in [-0.2, -0.15) is 0 Å².